The minimum Gasteiger partial charge on any atom is -0.494 e. The maximum Gasteiger partial charge on any atom is 0.229 e. The summed E-state index contributed by atoms with van der Waals surface area (Å²) in [5.74, 6) is 3.54. The summed E-state index contributed by atoms with van der Waals surface area (Å²) in [6.45, 7) is 2.67. The van der Waals surface area contributed by atoms with Crippen LogP contribution in [0.15, 0.2) is 36.9 Å². The lowest BCUT2D eigenvalue weighted by Gasteiger charge is -2.42. The minimum atomic E-state index is 0.381. The predicted octanol–water partition coefficient (Wildman–Crippen LogP) is 3.72. The third-order valence-electron chi connectivity index (χ3n) is 6.10. The zero-order valence-corrected chi connectivity index (χ0v) is 17.5. The molecule has 156 valence electrons. The third-order valence-corrected chi connectivity index (χ3v) is 6.10. The number of anilines is 3. The SMILES string of the molecule is COc1cc(Nc2ncc3c(n2)N(C)C(C2CCC2)CO3)ccc1-n1cnc(C)c1. The van der Waals surface area contributed by atoms with Gasteiger partial charge in [-0.15, -0.1) is 0 Å². The van der Waals surface area contributed by atoms with Gasteiger partial charge >= 0.3 is 0 Å². The lowest BCUT2D eigenvalue weighted by atomic mass is 9.79. The van der Waals surface area contributed by atoms with Crippen molar-refractivity contribution in [2.45, 2.75) is 32.2 Å². The number of benzene rings is 1. The van der Waals surface area contributed by atoms with Gasteiger partial charge in [-0.2, -0.15) is 4.98 Å². The molecule has 1 atom stereocenters. The molecule has 8 heteroatoms. The van der Waals surface area contributed by atoms with Gasteiger partial charge < -0.3 is 24.3 Å². The standard InChI is InChI=1S/C22H26N6O2/c1-14-11-28(13-24-14)17-8-7-16(9-19(17)29-3)25-22-23-10-20-21(26-22)27(2)18(12-30-20)15-5-4-6-15/h7-11,13,15,18H,4-6,12H2,1-3H3,(H,23,25,26). The Morgan fingerprint density at radius 2 is 2.10 bits per heavy atom. The van der Waals surface area contributed by atoms with E-state index in [9.17, 15) is 0 Å². The summed E-state index contributed by atoms with van der Waals surface area (Å²) < 4.78 is 13.5. The van der Waals surface area contributed by atoms with Gasteiger partial charge in [-0.05, 0) is 37.8 Å². The van der Waals surface area contributed by atoms with Crippen LogP contribution in [-0.2, 0) is 0 Å². The Labute approximate surface area is 175 Å². The van der Waals surface area contributed by atoms with E-state index in [0.717, 1.165) is 34.4 Å². The van der Waals surface area contributed by atoms with Gasteiger partial charge in [0.15, 0.2) is 11.6 Å². The second kappa shape index (κ2) is 7.51. The molecule has 0 amide bonds. The Balaban J connectivity index is 1.39. The first-order chi connectivity index (χ1) is 14.6. The molecule has 1 unspecified atom stereocenters. The van der Waals surface area contributed by atoms with E-state index in [0.29, 0.717) is 24.5 Å². The molecule has 3 heterocycles. The highest BCUT2D eigenvalue weighted by Crippen LogP contribution is 2.39. The van der Waals surface area contributed by atoms with Crippen molar-refractivity contribution in [3.05, 3.63) is 42.6 Å². The van der Waals surface area contributed by atoms with E-state index in [1.54, 1.807) is 19.6 Å². The molecule has 5 rings (SSSR count). The number of rotatable bonds is 5. The Morgan fingerprint density at radius 1 is 1.23 bits per heavy atom. The fourth-order valence-corrected chi connectivity index (χ4v) is 4.15. The number of methoxy groups -OCH3 is 1. The fraction of sp³-hybridized carbons (Fsp3) is 0.409. The van der Waals surface area contributed by atoms with Gasteiger partial charge in [0, 0.05) is 25.0 Å². The number of aryl methyl sites for hydroxylation is 1. The van der Waals surface area contributed by atoms with E-state index in [2.05, 4.69) is 27.2 Å². The van der Waals surface area contributed by atoms with Crippen molar-refractivity contribution in [3.63, 3.8) is 0 Å². The molecule has 1 N–H and O–H groups in total. The van der Waals surface area contributed by atoms with Gasteiger partial charge in [0.25, 0.3) is 0 Å². The molecule has 0 spiro atoms. The first kappa shape index (κ1) is 18.7. The van der Waals surface area contributed by atoms with Crippen molar-refractivity contribution >= 4 is 17.5 Å². The summed E-state index contributed by atoms with van der Waals surface area (Å²) >= 11 is 0. The molecular weight excluding hydrogens is 380 g/mol. The van der Waals surface area contributed by atoms with Gasteiger partial charge in [0.2, 0.25) is 5.95 Å². The van der Waals surface area contributed by atoms with Crippen LogP contribution < -0.4 is 19.7 Å². The molecule has 1 aromatic carbocycles. The molecule has 0 saturated heterocycles. The highest BCUT2D eigenvalue weighted by molar-refractivity contribution is 5.64. The van der Waals surface area contributed by atoms with E-state index in [-0.39, 0.29) is 0 Å². The number of imidazole rings is 1. The molecule has 1 fully saturated rings. The van der Waals surface area contributed by atoms with Crippen LogP contribution in [0.1, 0.15) is 25.0 Å². The molecule has 2 aliphatic rings. The average Bonchev–Trinajstić information content (AvgIpc) is 3.15. The van der Waals surface area contributed by atoms with Gasteiger partial charge in [-0.3, -0.25) is 0 Å². The Hall–Kier alpha value is -3.29. The van der Waals surface area contributed by atoms with Gasteiger partial charge in [-0.1, -0.05) is 6.42 Å². The van der Waals surface area contributed by atoms with Crippen molar-refractivity contribution < 1.29 is 9.47 Å². The minimum absolute atomic E-state index is 0.381. The highest BCUT2D eigenvalue weighted by Gasteiger charge is 2.35. The molecule has 30 heavy (non-hydrogen) atoms. The number of hydrogen-bond acceptors (Lipinski definition) is 7. The molecule has 2 aromatic heterocycles. The van der Waals surface area contributed by atoms with Crippen LogP contribution in [-0.4, -0.2) is 46.3 Å². The topological polar surface area (TPSA) is 77.3 Å². The number of nitrogens with one attached hydrogen (secondary N) is 1. The van der Waals surface area contributed by atoms with Crippen molar-refractivity contribution in [2.75, 3.05) is 31.0 Å². The van der Waals surface area contributed by atoms with Crippen molar-refractivity contribution in [1.29, 1.82) is 0 Å². The first-order valence-electron chi connectivity index (χ1n) is 10.3. The largest absolute Gasteiger partial charge is 0.494 e. The predicted molar refractivity (Wildman–Crippen MR) is 115 cm³/mol. The van der Waals surface area contributed by atoms with E-state index in [4.69, 9.17) is 14.5 Å². The zero-order chi connectivity index (χ0) is 20.7. The summed E-state index contributed by atoms with van der Waals surface area (Å²) in [5, 5.41) is 3.30. The zero-order valence-electron chi connectivity index (χ0n) is 17.5. The molecular formula is C22H26N6O2. The van der Waals surface area contributed by atoms with Crippen LogP contribution in [0.3, 0.4) is 0 Å². The van der Waals surface area contributed by atoms with Crippen molar-refractivity contribution in [1.82, 2.24) is 19.5 Å². The monoisotopic (exact) mass is 406 g/mol. The van der Waals surface area contributed by atoms with Gasteiger partial charge in [0.05, 0.1) is 37.1 Å². The van der Waals surface area contributed by atoms with Crippen LogP contribution >= 0.6 is 0 Å². The summed E-state index contributed by atoms with van der Waals surface area (Å²) in [6, 6.07) is 6.29. The first-order valence-corrected chi connectivity index (χ1v) is 10.3. The second-order valence-electron chi connectivity index (χ2n) is 8.00. The van der Waals surface area contributed by atoms with Crippen LogP contribution in [0.4, 0.5) is 17.5 Å². The maximum absolute atomic E-state index is 5.95. The molecule has 0 radical (unpaired) electrons. The number of fused-ring (bicyclic) bond motifs is 1. The Kier molecular flexibility index (Phi) is 4.69. The van der Waals surface area contributed by atoms with Crippen molar-refractivity contribution in [3.8, 4) is 17.2 Å². The smallest absolute Gasteiger partial charge is 0.229 e. The average molecular weight is 406 g/mol. The number of nitrogens with zero attached hydrogens (tertiary/aromatic N) is 5. The number of ether oxygens (including phenoxy) is 2. The quantitative estimate of drug-likeness (QED) is 0.692. The molecule has 3 aromatic rings. The normalized spacial score (nSPS) is 18.4. The third kappa shape index (κ3) is 3.32. The van der Waals surface area contributed by atoms with Gasteiger partial charge in [0.1, 0.15) is 12.4 Å². The van der Waals surface area contributed by atoms with Gasteiger partial charge in [-0.25, -0.2) is 9.97 Å². The number of likely N-dealkylation sites (N-methyl/N-ethyl adjacent to an activating group) is 1. The summed E-state index contributed by atoms with van der Waals surface area (Å²) in [5.41, 5.74) is 2.72. The van der Waals surface area contributed by atoms with E-state index in [1.165, 1.54) is 19.3 Å². The van der Waals surface area contributed by atoms with E-state index in [1.807, 2.05) is 35.9 Å². The highest BCUT2D eigenvalue weighted by atomic mass is 16.5. The van der Waals surface area contributed by atoms with E-state index < -0.39 is 0 Å². The van der Waals surface area contributed by atoms with Crippen LogP contribution in [0.2, 0.25) is 0 Å². The summed E-state index contributed by atoms with van der Waals surface area (Å²) in [4.78, 5) is 15.7. The molecule has 1 aliphatic carbocycles. The summed E-state index contributed by atoms with van der Waals surface area (Å²) in [7, 11) is 3.76. The fourth-order valence-electron chi connectivity index (χ4n) is 4.15. The van der Waals surface area contributed by atoms with E-state index >= 15 is 0 Å². The Morgan fingerprint density at radius 3 is 2.80 bits per heavy atom. The summed E-state index contributed by atoms with van der Waals surface area (Å²) in [6.07, 6.45) is 9.35. The van der Waals surface area contributed by atoms with Crippen molar-refractivity contribution in [2.24, 2.45) is 5.92 Å². The maximum atomic E-state index is 5.95. The van der Waals surface area contributed by atoms with Crippen LogP contribution in [0, 0.1) is 12.8 Å². The van der Waals surface area contributed by atoms with Crippen LogP contribution in [0.25, 0.3) is 5.69 Å². The number of hydrogen-bond donors (Lipinski definition) is 1. The van der Waals surface area contributed by atoms with Crippen LogP contribution in [0.5, 0.6) is 11.5 Å². The number of aromatic nitrogens is 4. The molecule has 8 nitrogen and oxygen atoms in total. The lowest BCUT2D eigenvalue weighted by Crippen LogP contribution is -2.48. The lowest BCUT2D eigenvalue weighted by molar-refractivity contribution is 0.170. The molecule has 0 bridgehead atoms. The molecule has 1 saturated carbocycles. The second-order valence-corrected chi connectivity index (χ2v) is 8.00. The molecule has 1 aliphatic heterocycles. The Bertz CT molecular complexity index is 1060.